The minimum Gasteiger partial charge on any atom is -0.376 e. The molecule has 0 radical (unpaired) electrons. The molecule has 0 saturated carbocycles. The summed E-state index contributed by atoms with van der Waals surface area (Å²) in [6, 6.07) is 0.525. The fraction of sp³-hybridized carbons (Fsp3) is 1.00. The molecule has 0 aromatic heterocycles. The highest BCUT2D eigenvalue weighted by Gasteiger charge is 2.20. The average Bonchev–Trinajstić information content (AvgIpc) is 2.00. The molecule has 0 saturated heterocycles. The topological polar surface area (TPSA) is 21.3 Å². The van der Waals surface area contributed by atoms with Crippen LogP contribution in [-0.4, -0.2) is 25.3 Å². The number of nitrogens with one attached hydrogen (secondary N) is 1. The molecule has 0 aliphatic rings. The maximum Gasteiger partial charge on any atom is 0.0641 e. The molecular formula is C10H23NO. The van der Waals surface area contributed by atoms with Crippen LogP contribution < -0.4 is 5.32 Å². The molecule has 0 aliphatic carbocycles. The Labute approximate surface area is 76.7 Å². The SMILES string of the molecule is CCCOC(C)(C)CC(C)NC. The molecule has 0 aromatic carbocycles. The van der Waals surface area contributed by atoms with Crippen molar-refractivity contribution in [1.82, 2.24) is 5.32 Å². The Kier molecular flexibility index (Phi) is 5.51. The number of ether oxygens (including phenoxy) is 1. The van der Waals surface area contributed by atoms with Gasteiger partial charge in [-0.05, 0) is 40.7 Å². The molecular weight excluding hydrogens is 150 g/mol. The second kappa shape index (κ2) is 5.55. The van der Waals surface area contributed by atoms with Gasteiger partial charge < -0.3 is 10.1 Å². The van der Waals surface area contributed by atoms with Crippen LogP contribution in [0.2, 0.25) is 0 Å². The number of rotatable bonds is 6. The van der Waals surface area contributed by atoms with Gasteiger partial charge >= 0.3 is 0 Å². The van der Waals surface area contributed by atoms with Crippen molar-refractivity contribution in [2.75, 3.05) is 13.7 Å². The van der Waals surface area contributed by atoms with Gasteiger partial charge in [-0.2, -0.15) is 0 Å². The summed E-state index contributed by atoms with van der Waals surface area (Å²) in [6.07, 6.45) is 2.15. The summed E-state index contributed by atoms with van der Waals surface area (Å²) in [5.41, 5.74) is 0.0123. The summed E-state index contributed by atoms with van der Waals surface area (Å²) in [5.74, 6) is 0. The van der Waals surface area contributed by atoms with E-state index in [9.17, 15) is 0 Å². The lowest BCUT2D eigenvalue weighted by molar-refractivity contribution is -0.0279. The van der Waals surface area contributed by atoms with E-state index in [1.165, 1.54) is 0 Å². The Morgan fingerprint density at radius 1 is 1.42 bits per heavy atom. The minimum atomic E-state index is 0.0123. The van der Waals surface area contributed by atoms with Gasteiger partial charge in [0.2, 0.25) is 0 Å². The Bertz CT molecular complexity index is 112. The van der Waals surface area contributed by atoms with Crippen LogP contribution in [0.1, 0.15) is 40.5 Å². The lowest BCUT2D eigenvalue weighted by Crippen LogP contribution is -2.34. The van der Waals surface area contributed by atoms with Crippen LogP contribution in [0.3, 0.4) is 0 Å². The maximum absolute atomic E-state index is 5.71. The van der Waals surface area contributed by atoms with Crippen molar-refractivity contribution in [1.29, 1.82) is 0 Å². The van der Waals surface area contributed by atoms with Gasteiger partial charge in [-0.25, -0.2) is 0 Å². The van der Waals surface area contributed by atoms with Crippen LogP contribution in [0.15, 0.2) is 0 Å². The van der Waals surface area contributed by atoms with Gasteiger partial charge in [0.25, 0.3) is 0 Å². The van der Waals surface area contributed by atoms with Crippen LogP contribution in [-0.2, 0) is 4.74 Å². The highest BCUT2D eigenvalue weighted by molar-refractivity contribution is 4.74. The average molecular weight is 173 g/mol. The molecule has 0 rings (SSSR count). The van der Waals surface area contributed by atoms with E-state index in [0.717, 1.165) is 19.4 Å². The zero-order valence-electron chi connectivity index (χ0n) is 9.11. The second-order valence-corrected chi connectivity index (χ2v) is 4.00. The van der Waals surface area contributed by atoms with Gasteiger partial charge in [0.1, 0.15) is 0 Å². The second-order valence-electron chi connectivity index (χ2n) is 4.00. The molecule has 1 atom stereocenters. The third-order valence-electron chi connectivity index (χ3n) is 1.99. The molecule has 0 fully saturated rings. The predicted octanol–water partition coefficient (Wildman–Crippen LogP) is 2.19. The highest BCUT2D eigenvalue weighted by Crippen LogP contribution is 2.16. The molecule has 0 aromatic rings. The van der Waals surface area contributed by atoms with Crippen molar-refractivity contribution in [3.63, 3.8) is 0 Å². The lowest BCUT2D eigenvalue weighted by atomic mass is 10.00. The molecule has 0 spiro atoms. The molecule has 0 amide bonds. The monoisotopic (exact) mass is 173 g/mol. The molecule has 2 nitrogen and oxygen atoms in total. The van der Waals surface area contributed by atoms with E-state index < -0.39 is 0 Å². The third-order valence-corrected chi connectivity index (χ3v) is 1.99. The quantitative estimate of drug-likeness (QED) is 0.665. The fourth-order valence-electron chi connectivity index (χ4n) is 1.28. The largest absolute Gasteiger partial charge is 0.376 e. The van der Waals surface area contributed by atoms with Gasteiger partial charge in [-0.1, -0.05) is 6.92 Å². The van der Waals surface area contributed by atoms with E-state index in [0.29, 0.717) is 6.04 Å². The molecule has 1 N–H and O–H groups in total. The molecule has 0 aliphatic heterocycles. The predicted molar refractivity (Wildman–Crippen MR) is 53.5 cm³/mol. The van der Waals surface area contributed by atoms with Crippen molar-refractivity contribution >= 4 is 0 Å². The standard InChI is InChI=1S/C10H23NO/c1-6-7-12-10(3,4)8-9(2)11-5/h9,11H,6-8H2,1-5H3. The molecule has 12 heavy (non-hydrogen) atoms. The first-order valence-electron chi connectivity index (χ1n) is 4.83. The minimum absolute atomic E-state index is 0.0123. The van der Waals surface area contributed by atoms with Crippen LogP contribution in [0.4, 0.5) is 0 Å². The summed E-state index contributed by atoms with van der Waals surface area (Å²) in [4.78, 5) is 0. The molecule has 0 heterocycles. The zero-order valence-corrected chi connectivity index (χ0v) is 9.11. The summed E-state index contributed by atoms with van der Waals surface area (Å²) < 4.78 is 5.71. The van der Waals surface area contributed by atoms with Crippen LogP contribution in [0.25, 0.3) is 0 Å². The van der Waals surface area contributed by atoms with Gasteiger partial charge in [0, 0.05) is 12.6 Å². The zero-order chi connectivity index (χ0) is 9.61. The van der Waals surface area contributed by atoms with Crippen molar-refractivity contribution in [2.45, 2.75) is 52.2 Å². The van der Waals surface area contributed by atoms with Gasteiger partial charge in [-0.15, -0.1) is 0 Å². The van der Waals surface area contributed by atoms with Gasteiger partial charge in [0.15, 0.2) is 0 Å². The van der Waals surface area contributed by atoms with E-state index in [4.69, 9.17) is 4.74 Å². The van der Waals surface area contributed by atoms with Crippen molar-refractivity contribution < 1.29 is 4.74 Å². The van der Waals surface area contributed by atoms with Gasteiger partial charge in [-0.3, -0.25) is 0 Å². The molecule has 74 valence electrons. The Morgan fingerprint density at radius 3 is 2.42 bits per heavy atom. The first kappa shape index (κ1) is 11.9. The van der Waals surface area contributed by atoms with Crippen LogP contribution in [0, 0.1) is 0 Å². The lowest BCUT2D eigenvalue weighted by Gasteiger charge is -2.28. The smallest absolute Gasteiger partial charge is 0.0641 e. The fourth-order valence-corrected chi connectivity index (χ4v) is 1.28. The third kappa shape index (κ3) is 5.56. The summed E-state index contributed by atoms with van der Waals surface area (Å²) in [6.45, 7) is 9.48. The Balaban J connectivity index is 3.69. The summed E-state index contributed by atoms with van der Waals surface area (Å²) >= 11 is 0. The van der Waals surface area contributed by atoms with E-state index in [-0.39, 0.29) is 5.60 Å². The molecule has 1 unspecified atom stereocenters. The van der Waals surface area contributed by atoms with Gasteiger partial charge in [0.05, 0.1) is 5.60 Å². The van der Waals surface area contributed by atoms with E-state index >= 15 is 0 Å². The molecule has 0 bridgehead atoms. The number of hydrogen-bond acceptors (Lipinski definition) is 2. The summed E-state index contributed by atoms with van der Waals surface area (Å²) in [7, 11) is 1.99. The first-order valence-corrected chi connectivity index (χ1v) is 4.83. The van der Waals surface area contributed by atoms with Crippen molar-refractivity contribution in [2.24, 2.45) is 0 Å². The van der Waals surface area contributed by atoms with Crippen molar-refractivity contribution in [3.05, 3.63) is 0 Å². The Morgan fingerprint density at radius 2 is 2.00 bits per heavy atom. The number of hydrogen-bond donors (Lipinski definition) is 1. The van der Waals surface area contributed by atoms with E-state index in [2.05, 4.69) is 33.0 Å². The van der Waals surface area contributed by atoms with E-state index in [1.54, 1.807) is 0 Å². The van der Waals surface area contributed by atoms with E-state index in [1.807, 2.05) is 7.05 Å². The van der Waals surface area contributed by atoms with Crippen molar-refractivity contribution in [3.8, 4) is 0 Å². The highest BCUT2D eigenvalue weighted by atomic mass is 16.5. The maximum atomic E-state index is 5.71. The van der Waals surface area contributed by atoms with Crippen LogP contribution in [0.5, 0.6) is 0 Å². The normalized spacial score (nSPS) is 14.8. The van der Waals surface area contributed by atoms with Crippen LogP contribution >= 0.6 is 0 Å². The first-order chi connectivity index (χ1) is 5.52. The summed E-state index contributed by atoms with van der Waals surface area (Å²) in [5, 5.41) is 3.22. The molecule has 2 heteroatoms. The Hall–Kier alpha value is -0.0800.